The van der Waals surface area contributed by atoms with Crippen LogP contribution in [0.25, 0.3) is 22.5 Å². The Morgan fingerprint density at radius 2 is 1.76 bits per heavy atom. The van der Waals surface area contributed by atoms with Crippen LogP contribution in [0, 0.1) is 5.82 Å². The molecular formula is C25H24FN5O2. The summed E-state index contributed by atoms with van der Waals surface area (Å²) in [4.78, 5) is 22.4. The van der Waals surface area contributed by atoms with E-state index in [0.717, 1.165) is 25.9 Å². The molecule has 2 aromatic carbocycles. The predicted octanol–water partition coefficient (Wildman–Crippen LogP) is 4.17. The van der Waals surface area contributed by atoms with Crippen LogP contribution in [0.15, 0.2) is 71.7 Å². The van der Waals surface area contributed by atoms with Crippen LogP contribution in [0.1, 0.15) is 18.9 Å². The van der Waals surface area contributed by atoms with Gasteiger partial charge in [0.2, 0.25) is 0 Å². The third-order valence-electron chi connectivity index (χ3n) is 5.91. The SMILES string of the molecule is Cn1c(=O)c(-c2ccc(F)cc2)c(-c2ccnc(Oc3ccccc3)n2)n1C1CCNCC1. The van der Waals surface area contributed by atoms with E-state index in [2.05, 4.69) is 15.3 Å². The highest BCUT2D eigenvalue weighted by molar-refractivity contribution is 5.79. The fourth-order valence-corrected chi connectivity index (χ4v) is 4.34. The van der Waals surface area contributed by atoms with E-state index in [-0.39, 0.29) is 23.4 Å². The molecular weight excluding hydrogens is 421 g/mol. The zero-order valence-electron chi connectivity index (χ0n) is 18.2. The number of halogens is 1. The van der Waals surface area contributed by atoms with E-state index in [0.29, 0.717) is 28.3 Å². The Labute approximate surface area is 190 Å². The smallest absolute Gasteiger partial charge is 0.322 e. The maximum absolute atomic E-state index is 13.6. The minimum Gasteiger partial charge on any atom is -0.424 e. The monoisotopic (exact) mass is 445 g/mol. The van der Waals surface area contributed by atoms with Gasteiger partial charge in [-0.05, 0) is 61.8 Å². The van der Waals surface area contributed by atoms with Crippen LogP contribution in [0.2, 0.25) is 0 Å². The van der Waals surface area contributed by atoms with E-state index in [1.165, 1.54) is 12.1 Å². The van der Waals surface area contributed by atoms with Gasteiger partial charge in [-0.25, -0.2) is 9.37 Å². The molecule has 8 heteroatoms. The molecule has 2 aromatic heterocycles. The fraction of sp³-hybridized carbons (Fsp3) is 0.240. The molecule has 1 saturated heterocycles. The maximum Gasteiger partial charge on any atom is 0.322 e. The highest BCUT2D eigenvalue weighted by atomic mass is 19.1. The summed E-state index contributed by atoms with van der Waals surface area (Å²) in [6.45, 7) is 1.74. The number of para-hydroxylation sites is 1. The number of piperidine rings is 1. The first-order valence-electron chi connectivity index (χ1n) is 11.0. The summed E-state index contributed by atoms with van der Waals surface area (Å²) in [6, 6.07) is 17.4. The van der Waals surface area contributed by atoms with E-state index in [4.69, 9.17) is 4.74 Å². The third kappa shape index (κ3) is 4.17. The van der Waals surface area contributed by atoms with Gasteiger partial charge in [0.25, 0.3) is 5.56 Å². The summed E-state index contributed by atoms with van der Waals surface area (Å²) in [5.74, 6) is 0.271. The third-order valence-corrected chi connectivity index (χ3v) is 5.91. The molecule has 1 aliphatic heterocycles. The van der Waals surface area contributed by atoms with Gasteiger partial charge in [-0.15, -0.1) is 0 Å². The van der Waals surface area contributed by atoms with Crippen LogP contribution < -0.4 is 15.6 Å². The van der Waals surface area contributed by atoms with Gasteiger partial charge in [-0.1, -0.05) is 30.3 Å². The molecule has 0 unspecified atom stereocenters. The molecule has 0 radical (unpaired) electrons. The molecule has 168 valence electrons. The van der Waals surface area contributed by atoms with Crippen LogP contribution in [0.3, 0.4) is 0 Å². The second-order valence-electron chi connectivity index (χ2n) is 8.02. The second-order valence-corrected chi connectivity index (χ2v) is 8.02. The molecule has 7 nitrogen and oxygen atoms in total. The summed E-state index contributed by atoms with van der Waals surface area (Å²) in [5, 5.41) is 3.37. The Balaban J connectivity index is 1.68. The number of benzene rings is 2. The largest absolute Gasteiger partial charge is 0.424 e. The van der Waals surface area contributed by atoms with Crippen molar-refractivity contribution in [3.63, 3.8) is 0 Å². The number of hydrogen-bond acceptors (Lipinski definition) is 5. The fourth-order valence-electron chi connectivity index (χ4n) is 4.34. The van der Waals surface area contributed by atoms with Gasteiger partial charge in [0, 0.05) is 13.2 Å². The van der Waals surface area contributed by atoms with Crippen molar-refractivity contribution in [2.45, 2.75) is 18.9 Å². The molecule has 3 heterocycles. The number of aromatic nitrogens is 4. The lowest BCUT2D eigenvalue weighted by Crippen LogP contribution is -2.33. The molecule has 0 bridgehead atoms. The van der Waals surface area contributed by atoms with Crippen molar-refractivity contribution < 1.29 is 9.13 Å². The van der Waals surface area contributed by atoms with Crippen LogP contribution in [0.5, 0.6) is 11.8 Å². The quantitative estimate of drug-likeness (QED) is 0.499. The minimum absolute atomic E-state index is 0.126. The van der Waals surface area contributed by atoms with Gasteiger partial charge in [0.05, 0.1) is 23.0 Å². The number of rotatable bonds is 5. The van der Waals surface area contributed by atoms with Gasteiger partial charge < -0.3 is 10.1 Å². The Morgan fingerprint density at radius 3 is 2.48 bits per heavy atom. The summed E-state index contributed by atoms with van der Waals surface area (Å²) in [6.07, 6.45) is 3.39. The van der Waals surface area contributed by atoms with Gasteiger partial charge in [-0.2, -0.15) is 4.98 Å². The molecule has 0 spiro atoms. The van der Waals surface area contributed by atoms with Crippen LogP contribution >= 0.6 is 0 Å². The minimum atomic E-state index is -0.351. The lowest BCUT2D eigenvalue weighted by Gasteiger charge is -2.27. The molecule has 1 aliphatic rings. The van der Waals surface area contributed by atoms with Gasteiger partial charge in [-0.3, -0.25) is 14.2 Å². The van der Waals surface area contributed by atoms with Crippen LogP contribution in [0.4, 0.5) is 4.39 Å². The predicted molar refractivity (Wildman–Crippen MR) is 124 cm³/mol. The average molecular weight is 445 g/mol. The number of ether oxygens (including phenoxy) is 1. The Morgan fingerprint density at radius 1 is 1.03 bits per heavy atom. The van der Waals surface area contributed by atoms with Crippen molar-refractivity contribution in [3.05, 3.63) is 83.0 Å². The van der Waals surface area contributed by atoms with Gasteiger partial charge in [0.1, 0.15) is 11.6 Å². The first-order valence-corrected chi connectivity index (χ1v) is 11.0. The molecule has 1 fully saturated rings. The van der Waals surface area contributed by atoms with Crippen molar-refractivity contribution in [2.24, 2.45) is 7.05 Å². The molecule has 4 aromatic rings. The lowest BCUT2D eigenvalue weighted by molar-refractivity contribution is 0.313. The van der Waals surface area contributed by atoms with Crippen molar-refractivity contribution in [1.82, 2.24) is 24.6 Å². The van der Waals surface area contributed by atoms with Crippen molar-refractivity contribution in [2.75, 3.05) is 13.1 Å². The zero-order valence-corrected chi connectivity index (χ0v) is 18.2. The standard InChI is InChI=1S/C25H24FN5O2/c1-30-24(32)22(17-7-9-18(26)10-8-17)23(31(30)19-11-14-27-15-12-19)21-13-16-28-25(29-21)33-20-5-3-2-4-6-20/h2-10,13,16,19,27H,11-12,14-15H2,1H3. The number of nitrogens with one attached hydrogen (secondary N) is 1. The van der Waals surface area contributed by atoms with E-state index in [1.54, 1.807) is 36.1 Å². The lowest BCUT2D eigenvalue weighted by atomic mass is 10.0. The molecule has 0 saturated carbocycles. The Kier molecular flexibility index (Phi) is 5.75. The highest BCUT2D eigenvalue weighted by Crippen LogP contribution is 2.34. The molecule has 33 heavy (non-hydrogen) atoms. The number of hydrogen-bond donors (Lipinski definition) is 1. The van der Waals surface area contributed by atoms with Gasteiger partial charge >= 0.3 is 6.01 Å². The van der Waals surface area contributed by atoms with Crippen molar-refractivity contribution in [1.29, 1.82) is 0 Å². The van der Waals surface area contributed by atoms with Crippen LogP contribution in [-0.2, 0) is 7.05 Å². The first kappa shape index (κ1) is 21.1. The van der Waals surface area contributed by atoms with Crippen molar-refractivity contribution >= 4 is 0 Å². The number of nitrogens with zero attached hydrogens (tertiary/aromatic N) is 4. The van der Waals surface area contributed by atoms with E-state index >= 15 is 0 Å². The van der Waals surface area contributed by atoms with E-state index in [9.17, 15) is 9.18 Å². The van der Waals surface area contributed by atoms with Crippen molar-refractivity contribution in [3.8, 4) is 34.3 Å². The summed E-state index contributed by atoms with van der Waals surface area (Å²) in [5.41, 5.74) is 2.23. The first-order chi connectivity index (χ1) is 16.1. The van der Waals surface area contributed by atoms with E-state index in [1.807, 2.05) is 35.0 Å². The topological polar surface area (TPSA) is 74.0 Å². The summed E-state index contributed by atoms with van der Waals surface area (Å²) >= 11 is 0. The molecule has 0 aliphatic carbocycles. The van der Waals surface area contributed by atoms with Gasteiger partial charge in [0.15, 0.2) is 0 Å². The molecule has 0 amide bonds. The Hall–Kier alpha value is -3.78. The Bertz CT molecular complexity index is 1310. The summed E-state index contributed by atoms with van der Waals surface area (Å²) in [7, 11) is 1.77. The average Bonchev–Trinajstić information content (AvgIpc) is 3.11. The summed E-state index contributed by atoms with van der Waals surface area (Å²) < 4.78 is 23.1. The highest BCUT2D eigenvalue weighted by Gasteiger charge is 2.28. The van der Waals surface area contributed by atoms with E-state index < -0.39 is 0 Å². The molecule has 0 atom stereocenters. The molecule has 1 N–H and O–H groups in total. The van der Waals surface area contributed by atoms with Crippen LogP contribution in [-0.4, -0.2) is 32.4 Å². The normalized spacial score (nSPS) is 14.4. The molecule has 5 rings (SSSR count). The maximum atomic E-state index is 13.6. The zero-order chi connectivity index (χ0) is 22.8. The second kappa shape index (κ2) is 8.99.